The van der Waals surface area contributed by atoms with Gasteiger partial charge in [-0.2, -0.15) is 0 Å². The number of rotatable bonds is 8. The van der Waals surface area contributed by atoms with Crippen molar-refractivity contribution >= 4 is 27.0 Å². The Kier molecular flexibility index (Phi) is 6.45. The molecule has 2 rings (SSSR count). The number of nitrogens with zero attached hydrogens (tertiary/aromatic N) is 2. The number of aromatic nitrogens is 1. The van der Waals surface area contributed by atoms with Crippen molar-refractivity contribution in [2.75, 3.05) is 13.1 Å². The largest absolute Gasteiger partial charge is 0.310 e. The van der Waals surface area contributed by atoms with Crippen LogP contribution in [0.4, 0.5) is 5.69 Å². The molecular formula is C16H22N4O4S2. The van der Waals surface area contributed by atoms with Crippen molar-refractivity contribution in [3.05, 3.63) is 50.5 Å². The van der Waals surface area contributed by atoms with Crippen molar-refractivity contribution in [1.29, 1.82) is 0 Å². The Hall–Kier alpha value is -1.88. The third-order valence-corrected chi connectivity index (χ3v) is 6.31. The highest BCUT2D eigenvalue weighted by molar-refractivity contribution is 7.89. The number of nitrogens with one attached hydrogen (secondary N) is 2. The zero-order valence-corrected chi connectivity index (χ0v) is 16.5. The number of thiazole rings is 1. The maximum atomic E-state index is 12.2. The fourth-order valence-corrected chi connectivity index (χ4v) is 4.08. The van der Waals surface area contributed by atoms with E-state index in [4.69, 9.17) is 0 Å². The van der Waals surface area contributed by atoms with Crippen LogP contribution in [0, 0.1) is 10.1 Å². The molecular weight excluding hydrogens is 376 g/mol. The zero-order valence-electron chi connectivity index (χ0n) is 14.9. The van der Waals surface area contributed by atoms with Crippen LogP contribution in [0.5, 0.6) is 0 Å². The van der Waals surface area contributed by atoms with Gasteiger partial charge in [-0.25, -0.2) is 18.1 Å². The minimum absolute atomic E-state index is 0.0108. The first-order valence-corrected chi connectivity index (χ1v) is 10.3. The lowest BCUT2D eigenvalue weighted by molar-refractivity contribution is -0.385. The van der Waals surface area contributed by atoms with Gasteiger partial charge >= 0.3 is 0 Å². The maximum Gasteiger partial charge on any atom is 0.270 e. The number of non-ortho nitro benzene ring substituents is 1. The van der Waals surface area contributed by atoms with E-state index >= 15 is 0 Å². The minimum atomic E-state index is -3.78. The predicted octanol–water partition coefficient (Wildman–Crippen LogP) is 2.42. The summed E-state index contributed by atoms with van der Waals surface area (Å²) >= 11 is 1.63. The van der Waals surface area contributed by atoms with Crippen molar-refractivity contribution in [1.82, 2.24) is 15.0 Å². The standard InChI is InChI=1S/C16H22N4O4S2/c1-16(2,3)15-18-11-13(25-15)10-17-7-8-19-26(23,24)14-6-4-5-12(9-14)20(21)22/h4-6,9,11,17,19H,7-8,10H2,1-3H3. The van der Waals surface area contributed by atoms with Gasteiger partial charge < -0.3 is 5.32 Å². The molecule has 0 saturated heterocycles. The summed E-state index contributed by atoms with van der Waals surface area (Å²) in [5.41, 5.74) is -0.248. The highest BCUT2D eigenvalue weighted by atomic mass is 32.2. The Morgan fingerprint density at radius 2 is 2.00 bits per heavy atom. The van der Waals surface area contributed by atoms with E-state index in [1.165, 1.54) is 18.2 Å². The molecule has 0 fully saturated rings. The van der Waals surface area contributed by atoms with Crippen LogP contribution in [0.2, 0.25) is 0 Å². The molecule has 1 aromatic carbocycles. The van der Waals surface area contributed by atoms with E-state index in [-0.39, 0.29) is 22.5 Å². The fourth-order valence-electron chi connectivity index (χ4n) is 2.07. The van der Waals surface area contributed by atoms with Gasteiger partial charge in [-0.1, -0.05) is 26.8 Å². The molecule has 0 bridgehead atoms. The molecule has 0 aliphatic rings. The summed E-state index contributed by atoms with van der Waals surface area (Å²) in [4.78, 5) is 15.5. The average molecular weight is 399 g/mol. The molecule has 2 N–H and O–H groups in total. The van der Waals surface area contributed by atoms with Gasteiger partial charge in [0.25, 0.3) is 5.69 Å². The highest BCUT2D eigenvalue weighted by Crippen LogP contribution is 2.26. The second-order valence-electron chi connectivity index (χ2n) is 6.71. The van der Waals surface area contributed by atoms with Crippen molar-refractivity contribution in [2.24, 2.45) is 0 Å². The third kappa shape index (κ3) is 5.56. The summed E-state index contributed by atoms with van der Waals surface area (Å²) in [6.07, 6.45) is 1.82. The summed E-state index contributed by atoms with van der Waals surface area (Å²) < 4.78 is 26.8. The van der Waals surface area contributed by atoms with Gasteiger partial charge in [0.2, 0.25) is 10.0 Å². The molecule has 142 valence electrons. The van der Waals surface area contributed by atoms with Crippen molar-refractivity contribution in [3.8, 4) is 0 Å². The molecule has 8 nitrogen and oxygen atoms in total. The molecule has 0 unspecified atom stereocenters. The van der Waals surface area contributed by atoms with Gasteiger partial charge in [-0.15, -0.1) is 11.3 Å². The Bertz CT molecular complexity index is 872. The highest BCUT2D eigenvalue weighted by Gasteiger charge is 2.18. The topological polar surface area (TPSA) is 114 Å². The van der Waals surface area contributed by atoms with E-state index in [9.17, 15) is 18.5 Å². The van der Waals surface area contributed by atoms with E-state index in [0.717, 1.165) is 16.0 Å². The summed E-state index contributed by atoms with van der Waals surface area (Å²) in [6.45, 7) is 7.52. The lowest BCUT2D eigenvalue weighted by Gasteiger charge is -2.13. The molecule has 10 heteroatoms. The maximum absolute atomic E-state index is 12.2. The number of benzene rings is 1. The number of hydrogen-bond donors (Lipinski definition) is 2. The molecule has 1 heterocycles. The normalized spacial score (nSPS) is 12.3. The number of hydrogen-bond acceptors (Lipinski definition) is 7. The third-order valence-electron chi connectivity index (χ3n) is 3.43. The van der Waals surface area contributed by atoms with Gasteiger partial charge in [0, 0.05) is 48.3 Å². The van der Waals surface area contributed by atoms with Crippen molar-refractivity contribution in [3.63, 3.8) is 0 Å². The SMILES string of the molecule is CC(C)(C)c1ncc(CNCCNS(=O)(=O)c2cccc([N+](=O)[O-])c2)s1. The first-order chi connectivity index (χ1) is 12.1. The second kappa shape index (κ2) is 8.21. The Morgan fingerprint density at radius 3 is 2.62 bits per heavy atom. The average Bonchev–Trinajstić information content (AvgIpc) is 3.04. The molecule has 26 heavy (non-hydrogen) atoms. The molecule has 0 radical (unpaired) electrons. The molecule has 0 spiro atoms. The number of sulfonamides is 1. The predicted molar refractivity (Wildman–Crippen MR) is 101 cm³/mol. The van der Waals surface area contributed by atoms with E-state index < -0.39 is 14.9 Å². The van der Waals surface area contributed by atoms with Crippen LogP contribution >= 0.6 is 11.3 Å². The van der Waals surface area contributed by atoms with Crippen LogP contribution in [0.15, 0.2) is 35.4 Å². The monoisotopic (exact) mass is 398 g/mol. The zero-order chi connectivity index (χ0) is 19.4. The van der Waals surface area contributed by atoms with Gasteiger partial charge in [-0.3, -0.25) is 10.1 Å². The molecule has 2 aromatic rings. The van der Waals surface area contributed by atoms with Gasteiger partial charge in [0.15, 0.2) is 0 Å². The van der Waals surface area contributed by atoms with Crippen LogP contribution in [-0.2, 0) is 22.0 Å². The molecule has 0 saturated carbocycles. The number of nitro benzene ring substituents is 1. The molecule has 0 aliphatic carbocycles. The Balaban J connectivity index is 1.83. The smallest absolute Gasteiger partial charge is 0.270 e. The van der Waals surface area contributed by atoms with E-state index in [0.29, 0.717) is 13.1 Å². The Labute approximate surface area is 156 Å². The number of nitro groups is 1. The van der Waals surface area contributed by atoms with Gasteiger partial charge in [0.05, 0.1) is 14.8 Å². The summed E-state index contributed by atoms with van der Waals surface area (Å²) in [7, 11) is -3.78. The lowest BCUT2D eigenvalue weighted by Crippen LogP contribution is -2.31. The quantitative estimate of drug-likeness (QED) is 0.401. The van der Waals surface area contributed by atoms with Crippen molar-refractivity contribution < 1.29 is 13.3 Å². The van der Waals surface area contributed by atoms with E-state index in [1.807, 2.05) is 6.20 Å². The van der Waals surface area contributed by atoms with E-state index in [2.05, 4.69) is 35.8 Å². The first-order valence-electron chi connectivity index (χ1n) is 7.99. The Morgan fingerprint density at radius 1 is 1.27 bits per heavy atom. The summed E-state index contributed by atoms with van der Waals surface area (Å²) in [6, 6.07) is 4.97. The molecule has 0 atom stereocenters. The minimum Gasteiger partial charge on any atom is -0.310 e. The van der Waals surface area contributed by atoms with Crippen LogP contribution in [-0.4, -0.2) is 31.4 Å². The van der Waals surface area contributed by atoms with Crippen LogP contribution < -0.4 is 10.0 Å². The van der Waals surface area contributed by atoms with Gasteiger partial charge in [0.1, 0.15) is 0 Å². The van der Waals surface area contributed by atoms with Gasteiger partial charge in [-0.05, 0) is 6.07 Å². The van der Waals surface area contributed by atoms with Crippen LogP contribution in [0.25, 0.3) is 0 Å². The summed E-state index contributed by atoms with van der Waals surface area (Å²) in [5, 5.41) is 15.0. The molecule has 0 amide bonds. The van der Waals surface area contributed by atoms with Crippen LogP contribution in [0.1, 0.15) is 30.7 Å². The van der Waals surface area contributed by atoms with Crippen LogP contribution in [0.3, 0.4) is 0 Å². The van der Waals surface area contributed by atoms with E-state index in [1.54, 1.807) is 11.3 Å². The lowest BCUT2D eigenvalue weighted by atomic mass is 9.98. The first kappa shape index (κ1) is 20.4. The molecule has 0 aliphatic heterocycles. The van der Waals surface area contributed by atoms with Crippen molar-refractivity contribution in [2.45, 2.75) is 37.6 Å². The second-order valence-corrected chi connectivity index (χ2v) is 9.59. The summed E-state index contributed by atoms with van der Waals surface area (Å²) in [5.74, 6) is 0. The fraction of sp³-hybridized carbons (Fsp3) is 0.438. The molecule has 1 aromatic heterocycles.